The lowest BCUT2D eigenvalue weighted by molar-refractivity contribution is 0.0112. The Labute approximate surface area is 248 Å². The van der Waals surface area contributed by atoms with Crippen LogP contribution in [0.4, 0.5) is 13.6 Å². The van der Waals surface area contributed by atoms with Gasteiger partial charge in [-0.1, -0.05) is 112 Å². The molecule has 0 aliphatic carbocycles. The Balaban J connectivity index is 1.74. The van der Waals surface area contributed by atoms with Gasteiger partial charge in [-0.25, -0.2) is 4.79 Å². The van der Waals surface area contributed by atoms with Gasteiger partial charge in [0.25, 0.3) is 8.32 Å². The molecule has 0 heterocycles. The lowest BCUT2D eigenvalue weighted by atomic mass is 10.2. The fraction of sp³-hybridized carbons (Fsp3) is 0.364. The van der Waals surface area contributed by atoms with Gasteiger partial charge in [-0.3, -0.25) is 0 Å². The molecule has 0 saturated carbocycles. The Hall–Kier alpha value is -3.37. The Bertz CT molecular complexity index is 1240. The third-order valence-electron chi connectivity index (χ3n) is 7.00. The lowest BCUT2D eigenvalue weighted by Crippen LogP contribution is -2.67. The maximum Gasteiger partial charge on any atom is 0.415 e. The van der Waals surface area contributed by atoms with Gasteiger partial charge in [0.15, 0.2) is 0 Å². The number of carbonyl (C=O) groups is 1. The highest BCUT2D eigenvalue weighted by molar-refractivity contribution is 6.99. The molecular weight excluding hydrogens is 556 g/mol. The molecule has 0 fully saturated rings. The van der Waals surface area contributed by atoms with Gasteiger partial charge >= 0.3 is 12.2 Å². The highest BCUT2D eigenvalue weighted by Crippen LogP contribution is 2.36. The van der Waals surface area contributed by atoms with E-state index in [1.165, 1.54) is 4.90 Å². The minimum Gasteiger partial charge on any atom is -0.406 e. The van der Waals surface area contributed by atoms with E-state index in [2.05, 4.69) is 45.0 Å². The molecule has 3 aromatic rings. The standard InChI is InChI=1S/C33H41F2NO5Si/c1-25(2)36(32(38)41-30(31(34)35)29(37)24-39-23-26-15-9-6-10-16-26)21-22-40-42(33(3,4)5,27-17-11-7-12-18-27)28-19-13-8-14-20-28/h6-20,25,29,37H,21-24H2,1-5H3. The van der Waals surface area contributed by atoms with E-state index in [9.17, 15) is 18.7 Å². The molecule has 0 aromatic heterocycles. The Morgan fingerprint density at radius 3 is 1.83 bits per heavy atom. The van der Waals surface area contributed by atoms with E-state index in [-0.39, 0.29) is 30.8 Å². The van der Waals surface area contributed by atoms with Crippen molar-refractivity contribution in [2.75, 3.05) is 19.8 Å². The Morgan fingerprint density at radius 2 is 1.38 bits per heavy atom. The second-order valence-electron chi connectivity index (χ2n) is 11.3. The minimum absolute atomic E-state index is 0.1000. The van der Waals surface area contributed by atoms with Gasteiger partial charge in [-0.2, -0.15) is 8.78 Å². The third-order valence-corrected chi connectivity index (χ3v) is 12.0. The van der Waals surface area contributed by atoms with Crippen molar-refractivity contribution < 1.29 is 32.6 Å². The molecule has 0 aliphatic heterocycles. The normalized spacial score (nSPS) is 12.6. The van der Waals surface area contributed by atoms with Crippen LogP contribution in [0.25, 0.3) is 0 Å². The molecule has 1 N–H and O–H groups in total. The highest BCUT2D eigenvalue weighted by atomic mass is 28.4. The number of aliphatic hydroxyl groups is 1. The second-order valence-corrected chi connectivity index (χ2v) is 15.6. The van der Waals surface area contributed by atoms with E-state index in [0.717, 1.165) is 15.9 Å². The first-order chi connectivity index (χ1) is 20.0. The predicted octanol–water partition coefficient (Wildman–Crippen LogP) is 6.10. The summed E-state index contributed by atoms with van der Waals surface area (Å²) in [5.74, 6) is -1.12. The van der Waals surface area contributed by atoms with Crippen LogP contribution >= 0.6 is 0 Å². The molecule has 3 rings (SSSR count). The summed E-state index contributed by atoms with van der Waals surface area (Å²) in [4.78, 5) is 14.4. The zero-order valence-corrected chi connectivity index (χ0v) is 25.9. The van der Waals surface area contributed by atoms with Crippen LogP contribution in [-0.2, 0) is 20.5 Å². The summed E-state index contributed by atoms with van der Waals surface area (Å²) in [6, 6.07) is 28.9. The molecule has 1 unspecified atom stereocenters. The molecule has 3 aromatic carbocycles. The van der Waals surface area contributed by atoms with Crippen LogP contribution < -0.4 is 10.4 Å². The van der Waals surface area contributed by atoms with Crippen molar-refractivity contribution in [2.24, 2.45) is 0 Å². The molecule has 42 heavy (non-hydrogen) atoms. The van der Waals surface area contributed by atoms with Crippen LogP contribution in [0.1, 0.15) is 40.2 Å². The Kier molecular flexibility index (Phi) is 12.0. The summed E-state index contributed by atoms with van der Waals surface area (Å²) < 4.78 is 44.9. The first-order valence-electron chi connectivity index (χ1n) is 14.1. The molecule has 0 spiro atoms. The SMILES string of the molecule is CC(C)N(CCO[Si](c1ccccc1)(c1ccccc1)C(C)(C)C)C(=O)OC(=C(F)F)C(O)COCc1ccccc1. The molecule has 1 atom stereocenters. The molecule has 6 nitrogen and oxygen atoms in total. The van der Waals surface area contributed by atoms with Crippen LogP contribution in [-0.4, -0.2) is 56.3 Å². The summed E-state index contributed by atoms with van der Waals surface area (Å²) in [5.41, 5.74) is 0.819. The number of ether oxygens (including phenoxy) is 2. The van der Waals surface area contributed by atoms with Crippen molar-refractivity contribution in [3.8, 4) is 0 Å². The van der Waals surface area contributed by atoms with E-state index in [1.54, 1.807) is 13.8 Å². The number of amides is 1. The molecule has 1 amide bonds. The number of nitrogens with zero attached hydrogens (tertiary/aromatic N) is 1. The van der Waals surface area contributed by atoms with Gasteiger partial charge in [0.05, 0.1) is 19.8 Å². The van der Waals surface area contributed by atoms with Crippen LogP contribution in [0.15, 0.2) is 103 Å². The van der Waals surface area contributed by atoms with Gasteiger partial charge in [-0.15, -0.1) is 0 Å². The van der Waals surface area contributed by atoms with Crippen molar-refractivity contribution in [3.05, 3.63) is 108 Å². The zero-order chi connectivity index (χ0) is 30.8. The van der Waals surface area contributed by atoms with Gasteiger partial charge in [0.1, 0.15) is 6.10 Å². The minimum atomic E-state index is -2.86. The van der Waals surface area contributed by atoms with Crippen molar-refractivity contribution >= 4 is 24.8 Å². The maximum atomic E-state index is 13.8. The number of aliphatic hydroxyl groups excluding tert-OH is 1. The van der Waals surface area contributed by atoms with Crippen LogP contribution in [0.2, 0.25) is 5.04 Å². The Morgan fingerprint density at radius 1 is 0.881 bits per heavy atom. The summed E-state index contributed by atoms with van der Waals surface area (Å²) >= 11 is 0. The van der Waals surface area contributed by atoms with Crippen molar-refractivity contribution in [1.29, 1.82) is 0 Å². The second kappa shape index (κ2) is 15.2. The summed E-state index contributed by atoms with van der Waals surface area (Å²) in [5, 5.41) is 12.3. The van der Waals surface area contributed by atoms with E-state index in [0.29, 0.717) is 0 Å². The predicted molar refractivity (Wildman–Crippen MR) is 163 cm³/mol. The van der Waals surface area contributed by atoms with Gasteiger partial charge in [0, 0.05) is 12.6 Å². The average Bonchev–Trinajstić information content (AvgIpc) is 2.96. The van der Waals surface area contributed by atoms with Gasteiger partial charge in [0.2, 0.25) is 5.76 Å². The number of carbonyl (C=O) groups excluding carboxylic acids is 1. The maximum absolute atomic E-state index is 13.8. The van der Waals surface area contributed by atoms with Crippen LogP contribution in [0.5, 0.6) is 0 Å². The smallest absolute Gasteiger partial charge is 0.406 e. The molecule has 0 bridgehead atoms. The van der Waals surface area contributed by atoms with Crippen molar-refractivity contribution in [1.82, 2.24) is 4.90 Å². The molecule has 9 heteroatoms. The number of hydrogen-bond donors (Lipinski definition) is 1. The fourth-order valence-corrected chi connectivity index (χ4v) is 9.50. The van der Waals surface area contributed by atoms with Gasteiger partial charge < -0.3 is 23.9 Å². The summed E-state index contributed by atoms with van der Waals surface area (Å²) in [7, 11) is -2.86. The first kappa shape index (κ1) is 33.1. The molecule has 0 saturated heterocycles. The molecular formula is C33H41F2NO5Si. The lowest BCUT2D eigenvalue weighted by Gasteiger charge is -2.43. The first-order valence-corrected chi connectivity index (χ1v) is 16.0. The zero-order valence-electron chi connectivity index (χ0n) is 24.9. The van der Waals surface area contributed by atoms with E-state index in [4.69, 9.17) is 13.9 Å². The number of halogens is 2. The van der Waals surface area contributed by atoms with E-state index in [1.807, 2.05) is 66.7 Å². The number of benzene rings is 3. The van der Waals surface area contributed by atoms with Crippen molar-refractivity contribution in [2.45, 2.75) is 58.4 Å². The van der Waals surface area contributed by atoms with Crippen molar-refractivity contribution in [3.63, 3.8) is 0 Å². The molecule has 0 radical (unpaired) electrons. The third kappa shape index (κ3) is 8.35. The molecule has 226 valence electrons. The van der Waals surface area contributed by atoms with E-state index >= 15 is 0 Å². The average molecular weight is 598 g/mol. The number of rotatable bonds is 13. The fourth-order valence-electron chi connectivity index (χ4n) is 4.94. The highest BCUT2D eigenvalue weighted by Gasteiger charge is 2.50. The largest absolute Gasteiger partial charge is 0.415 e. The quantitative estimate of drug-likeness (QED) is 0.191. The van der Waals surface area contributed by atoms with Crippen LogP contribution in [0, 0.1) is 0 Å². The number of hydrogen-bond acceptors (Lipinski definition) is 5. The monoisotopic (exact) mass is 597 g/mol. The van der Waals surface area contributed by atoms with Gasteiger partial charge in [-0.05, 0) is 34.8 Å². The van der Waals surface area contributed by atoms with E-state index < -0.39 is 39.0 Å². The summed E-state index contributed by atoms with van der Waals surface area (Å²) in [6.07, 6.45) is -5.10. The summed E-state index contributed by atoms with van der Waals surface area (Å²) in [6.45, 7) is 9.88. The van der Waals surface area contributed by atoms with Crippen LogP contribution in [0.3, 0.4) is 0 Å². The topological polar surface area (TPSA) is 68.2 Å². The molecule has 0 aliphatic rings.